The molecule has 0 fully saturated rings. The number of aliphatic imine (C=N–C) groups is 1. The molecular formula is C6H12N2S. The lowest BCUT2D eigenvalue weighted by Crippen LogP contribution is -2.18. The van der Waals surface area contributed by atoms with Crippen molar-refractivity contribution in [3.05, 3.63) is 0 Å². The highest BCUT2D eigenvalue weighted by atomic mass is 32.1. The first-order valence-corrected chi connectivity index (χ1v) is 3.41. The number of thiocarbonyl (C=S) groups is 1. The molecule has 0 heterocycles. The van der Waals surface area contributed by atoms with Crippen molar-refractivity contribution >= 4 is 23.4 Å². The van der Waals surface area contributed by atoms with Crippen LogP contribution in [0.3, 0.4) is 0 Å². The number of hydrogen-bond donors (Lipinski definition) is 1. The summed E-state index contributed by atoms with van der Waals surface area (Å²) in [5, 5.41) is 2.84. The Balaban J connectivity index is 3.26. The number of nitrogens with one attached hydrogen (secondary N) is 1. The lowest BCUT2D eigenvalue weighted by atomic mass is 10.5. The van der Waals surface area contributed by atoms with E-state index in [1.54, 1.807) is 0 Å². The third-order valence-corrected chi connectivity index (χ3v) is 1.16. The van der Waals surface area contributed by atoms with Crippen LogP contribution in [0.1, 0.15) is 13.3 Å². The summed E-state index contributed by atoms with van der Waals surface area (Å²) in [4.78, 5) is 4.82. The molecule has 0 aromatic rings. The molecule has 0 saturated carbocycles. The molecule has 0 rings (SSSR count). The molecule has 3 heteroatoms. The average Bonchev–Trinajstić information content (AvgIpc) is 1.89. The molecule has 0 amide bonds. The van der Waals surface area contributed by atoms with Crippen LogP contribution in [0.15, 0.2) is 4.99 Å². The summed E-state index contributed by atoms with van der Waals surface area (Å²) in [6.45, 7) is 2.67. The molecule has 0 spiro atoms. The van der Waals surface area contributed by atoms with E-state index in [1.807, 2.05) is 20.2 Å². The first-order chi connectivity index (χ1) is 4.31. The number of nitrogens with zero attached hydrogens (tertiary/aromatic N) is 1. The van der Waals surface area contributed by atoms with Crippen LogP contribution in [0.25, 0.3) is 0 Å². The maximum atomic E-state index is 4.84. The third kappa shape index (κ3) is 5.43. The molecule has 52 valence electrons. The van der Waals surface area contributed by atoms with Crippen molar-refractivity contribution in [2.45, 2.75) is 13.3 Å². The van der Waals surface area contributed by atoms with Crippen LogP contribution in [-0.2, 0) is 0 Å². The fraction of sp³-hybridized carbons (Fsp3) is 0.667. The fourth-order valence-electron chi connectivity index (χ4n) is 0.356. The Hall–Kier alpha value is -0.440. The molecule has 0 atom stereocenters. The van der Waals surface area contributed by atoms with E-state index in [2.05, 4.69) is 10.3 Å². The molecule has 0 aliphatic carbocycles. The predicted octanol–water partition coefficient (Wildman–Crippen LogP) is 1.01. The highest BCUT2D eigenvalue weighted by Crippen LogP contribution is 1.74. The Kier molecular flexibility index (Phi) is 5.41. The van der Waals surface area contributed by atoms with E-state index in [9.17, 15) is 0 Å². The van der Waals surface area contributed by atoms with Gasteiger partial charge in [-0.15, -0.1) is 0 Å². The summed E-state index contributed by atoms with van der Waals surface area (Å²) < 4.78 is 0. The second-order valence-electron chi connectivity index (χ2n) is 1.60. The second kappa shape index (κ2) is 5.69. The van der Waals surface area contributed by atoms with Crippen LogP contribution in [-0.4, -0.2) is 24.8 Å². The molecule has 0 unspecified atom stereocenters. The summed E-state index contributed by atoms with van der Waals surface area (Å²) in [7, 11) is 1.81. The molecule has 1 N–H and O–H groups in total. The Labute approximate surface area is 61.4 Å². The number of likely N-dealkylation sites (N-methyl/N-ethyl adjacent to an activating group) is 1. The smallest absolute Gasteiger partial charge is 0.0968 e. The molecule has 0 aliphatic rings. The van der Waals surface area contributed by atoms with Crippen molar-refractivity contribution < 1.29 is 0 Å². The zero-order valence-electron chi connectivity index (χ0n) is 5.85. The molecule has 0 saturated heterocycles. The third-order valence-electron chi connectivity index (χ3n) is 0.825. The monoisotopic (exact) mass is 144 g/mol. The van der Waals surface area contributed by atoms with Crippen LogP contribution < -0.4 is 5.32 Å². The van der Waals surface area contributed by atoms with Gasteiger partial charge in [-0.2, -0.15) is 0 Å². The normalized spacial score (nSPS) is 10.0. The van der Waals surface area contributed by atoms with Gasteiger partial charge in [0.15, 0.2) is 0 Å². The van der Waals surface area contributed by atoms with Crippen LogP contribution in [0.5, 0.6) is 0 Å². The largest absolute Gasteiger partial charge is 0.381 e. The lowest BCUT2D eigenvalue weighted by Gasteiger charge is -1.94. The molecule has 0 aromatic heterocycles. The highest BCUT2D eigenvalue weighted by Gasteiger charge is 1.84. The van der Waals surface area contributed by atoms with Crippen LogP contribution in [0, 0.1) is 0 Å². The summed E-state index contributed by atoms with van der Waals surface area (Å²) in [5.41, 5.74) is 0. The van der Waals surface area contributed by atoms with Crippen molar-refractivity contribution in [3.8, 4) is 0 Å². The topological polar surface area (TPSA) is 24.4 Å². The quantitative estimate of drug-likeness (QED) is 0.472. The van der Waals surface area contributed by atoms with Gasteiger partial charge in [0.1, 0.15) is 0 Å². The second-order valence-corrected chi connectivity index (χ2v) is 2.10. The first-order valence-electron chi connectivity index (χ1n) is 3.00. The van der Waals surface area contributed by atoms with Crippen molar-refractivity contribution in [2.24, 2.45) is 4.99 Å². The summed E-state index contributed by atoms with van der Waals surface area (Å²) in [5.74, 6) is 0. The first kappa shape index (κ1) is 8.56. The van der Waals surface area contributed by atoms with Crippen molar-refractivity contribution in [1.29, 1.82) is 0 Å². The minimum Gasteiger partial charge on any atom is -0.381 e. The Morgan fingerprint density at radius 1 is 1.78 bits per heavy atom. The number of rotatable bonds is 3. The number of hydrogen-bond acceptors (Lipinski definition) is 2. The predicted molar refractivity (Wildman–Crippen MR) is 45.3 cm³/mol. The molecule has 0 radical (unpaired) electrons. The summed E-state index contributed by atoms with van der Waals surface area (Å²) in [6, 6.07) is 0. The Morgan fingerprint density at radius 3 is 2.89 bits per heavy atom. The van der Waals surface area contributed by atoms with Crippen LogP contribution in [0.4, 0.5) is 0 Å². The van der Waals surface area contributed by atoms with Crippen molar-refractivity contribution in [3.63, 3.8) is 0 Å². The van der Waals surface area contributed by atoms with E-state index in [0.29, 0.717) is 6.54 Å². The fourth-order valence-corrected chi connectivity index (χ4v) is 0.430. The average molecular weight is 144 g/mol. The van der Waals surface area contributed by atoms with Gasteiger partial charge in [0.05, 0.1) is 11.5 Å². The molecule has 0 aliphatic heterocycles. The maximum absolute atomic E-state index is 4.84. The van der Waals surface area contributed by atoms with E-state index in [1.165, 1.54) is 0 Å². The summed E-state index contributed by atoms with van der Waals surface area (Å²) in [6.07, 6.45) is 2.84. The lowest BCUT2D eigenvalue weighted by molar-refractivity contribution is 1.13. The van der Waals surface area contributed by atoms with E-state index in [-0.39, 0.29) is 0 Å². The SMILES string of the molecule is CCC=NCC(=S)NC. The van der Waals surface area contributed by atoms with Crippen molar-refractivity contribution in [2.75, 3.05) is 13.6 Å². The zero-order chi connectivity index (χ0) is 7.11. The van der Waals surface area contributed by atoms with E-state index in [0.717, 1.165) is 11.4 Å². The highest BCUT2D eigenvalue weighted by molar-refractivity contribution is 7.80. The van der Waals surface area contributed by atoms with E-state index < -0.39 is 0 Å². The Bertz CT molecular complexity index is 110. The molecule has 0 bridgehead atoms. The molecular weight excluding hydrogens is 132 g/mol. The maximum Gasteiger partial charge on any atom is 0.0968 e. The zero-order valence-corrected chi connectivity index (χ0v) is 6.66. The minimum absolute atomic E-state index is 0.625. The Morgan fingerprint density at radius 2 is 2.44 bits per heavy atom. The van der Waals surface area contributed by atoms with Gasteiger partial charge in [-0.05, 0) is 12.6 Å². The van der Waals surface area contributed by atoms with Gasteiger partial charge in [-0.1, -0.05) is 19.1 Å². The van der Waals surface area contributed by atoms with Crippen LogP contribution in [0.2, 0.25) is 0 Å². The van der Waals surface area contributed by atoms with Gasteiger partial charge in [0.25, 0.3) is 0 Å². The van der Waals surface area contributed by atoms with Gasteiger partial charge in [0.2, 0.25) is 0 Å². The van der Waals surface area contributed by atoms with Crippen molar-refractivity contribution in [1.82, 2.24) is 5.32 Å². The minimum atomic E-state index is 0.625. The molecule has 2 nitrogen and oxygen atoms in total. The molecule has 9 heavy (non-hydrogen) atoms. The van der Waals surface area contributed by atoms with Gasteiger partial charge in [0, 0.05) is 7.05 Å². The van der Waals surface area contributed by atoms with E-state index >= 15 is 0 Å². The van der Waals surface area contributed by atoms with Gasteiger partial charge in [-0.3, -0.25) is 4.99 Å². The van der Waals surface area contributed by atoms with Crippen LogP contribution >= 0.6 is 12.2 Å². The van der Waals surface area contributed by atoms with Gasteiger partial charge < -0.3 is 5.32 Å². The van der Waals surface area contributed by atoms with Gasteiger partial charge in [-0.25, -0.2) is 0 Å². The van der Waals surface area contributed by atoms with Gasteiger partial charge >= 0.3 is 0 Å². The standard InChI is InChI=1S/C6H12N2S/c1-3-4-8-5-6(9)7-2/h4H,3,5H2,1-2H3,(H,7,9). The van der Waals surface area contributed by atoms with E-state index in [4.69, 9.17) is 12.2 Å². The molecule has 0 aromatic carbocycles. The summed E-state index contributed by atoms with van der Waals surface area (Å²) >= 11 is 4.84.